The van der Waals surface area contributed by atoms with Gasteiger partial charge in [0.2, 0.25) is 0 Å². The topological polar surface area (TPSA) is 53.3 Å². The predicted octanol–water partition coefficient (Wildman–Crippen LogP) is 2.31. The Hall–Kier alpha value is -1.86. The standard InChI is InChI=1S/C15H20N2O2/c1-12-5-6-14(11-13(12)2)15(18)17(8-4-7-16)9-10-19-3/h5-6,11H,4,8-10H2,1-3H3. The predicted molar refractivity (Wildman–Crippen MR) is 73.9 cm³/mol. The number of nitrogens with zero attached hydrogens (tertiary/aromatic N) is 2. The highest BCUT2D eigenvalue weighted by Crippen LogP contribution is 2.12. The number of carbonyl (C=O) groups is 1. The minimum atomic E-state index is -0.0459. The van der Waals surface area contributed by atoms with Crippen LogP contribution < -0.4 is 0 Å². The Bertz CT molecular complexity index is 478. The van der Waals surface area contributed by atoms with Crippen molar-refractivity contribution in [2.24, 2.45) is 0 Å². The molecule has 4 nitrogen and oxygen atoms in total. The summed E-state index contributed by atoms with van der Waals surface area (Å²) in [4.78, 5) is 14.0. The fraction of sp³-hybridized carbons (Fsp3) is 0.467. The molecule has 0 heterocycles. The molecule has 0 unspecified atom stereocenters. The van der Waals surface area contributed by atoms with E-state index in [0.29, 0.717) is 31.7 Å². The molecular formula is C15H20N2O2. The van der Waals surface area contributed by atoms with Gasteiger partial charge in [-0.1, -0.05) is 6.07 Å². The van der Waals surface area contributed by atoms with E-state index in [2.05, 4.69) is 6.07 Å². The van der Waals surface area contributed by atoms with Gasteiger partial charge in [-0.3, -0.25) is 4.79 Å². The lowest BCUT2D eigenvalue weighted by Gasteiger charge is -2.21. The van der Waals surface area contributed by atoms with E-state index in [1.54, 1.807) is 12.0 Å². The van der Waals surface area contributed by atoms with Crippen molar-refractivity contribution in [1.29, 1.82) is 5.26 Å². The van der Waals surface area contributed by atoms with Gasteiger partial charge in [-0.05, 0) is 37.1 Å². The molecule has 0 saturated heterocycles. The monoisotopic (exact) mass is 260 g/mol. The van der Waals surface area contributed by atoms with Gasteiger partial charge in [0.25, 0.3) is 5.91 Å². The van der Waals surface area contributed by atoms with E-state index in [1.165, 1.54) is 0 Å². The molecule has 1 aromatic rings. The second-order valence-corrected chi connectivity index (χ2v) is 4.49. The SMILES string of the molecule is COCCN(CCC#N)C(=O)c1ccc(C)c(C)c1. The molecule has 1 amide bonds. The molecule has 0 radical (unpaired) electrons. The van der Waals surface area contributed by atoms with Gasteiger partial charge in [0.15, 0.2) is 0 Å². The minimum absolute atomic E-state index is 0.0459. The highest BCUT2D eigenvalue weighted by Gasteiger charge is 2.15. The van der Waals surface area contributed by atoms with E-state index in [4.69, 9.17) is 10.00 Å². The van der Waals surface area contributed by atoms with Crippen LogP contribution in [0.5, 0.6) is 0 Å². The number of carbonyl (C=O) groups excluding carboxylic acids is 1. The Morgan fingerprint density at radius 2 is 2.05 bits per heavy atom. The first kappa shape index (κ1) is 15.2. The van der Waals surface area contributed by atoms with Crippen LogP contribution in [0, 0.1) is 25.2 Å². The number of benzene rings is 1. The van der Waals surface area contributed by atoms with Crippen LogP contribution in [0.4, 0.5) is 0 Å². The molecule has 19 heavy (non-hydrogen) atoms. The highest BCUT2D eigenvalue weighted by molar-refractivity contribution is 5.94. The number of hydrogen-bond acceptors (Lipinski definition) is 3. The summed E-state index contributed by atoms with van der Waals surface area (Å²) in [7, 11) is 1.60. The molecule has 0 atom stereocenters. The molecule has 0 bridgehead atoms. The van der Waals surface area contributed by atoms with Crippen LogP contribution >= 0.6 is 0 Å². The molecule has 0 aliphatic carbocycles. The van der Waals surface area contributed by atoms with Crippen molar-refractivity contribution in [1.82, 2.24) is 4.90 Å². The number of aryl methyl sites for hydroxylation is 2. The lowest BCUT2D eigenvalue weighted by atomic mass is 10.1. The summed E-state index contributed by atoms with van der Waals surface area (Å²) in [5.74, 6) is -0.0459. The third kappa shape index (κ3) is 4.38. The maximum atomic E-state index is 12.4. The molecule has 0 N–H and O–H groups in total. The van der Waals surface area contributed by atoms with Crippen molar-refractivity contribution in [2.45, 2.75) is 20.3 Å². The second-order valence-electron chi connectivity index (χ2n) is 4.49. The molecule has 1 aromatic carbocycles. The van der Waals surface area contributed by atoms with Crippen LogP contribution in [0.2, 0.25) is 0 Å². The van der Waals surface area contributed by atoms with Crippen molar-refractivity contribution in [3.05, 3.63) is 34.9 Å². The molecule has 0 aliphatic heterocycles. The van der Waals surface area contributed by atoms with Gasteiger partial charge in [-0.2, -0.15) is 5.26 Å². The zero-order valence-electron chi connectivity index (χ0n) is 11.8. The zero-order valence-corrected chi connectivity index (χ0v) is 11.8. The first-order chi connectivity index (χ1) is 9.10. The van der Waals surface area contributed by atoms with E-state index in [1.807, 2.05) is 32.0 Å². The van der Waals surface area contributed by atoms with E-state index in [9.17, 15) is 4.79 Å². The Labute approximate surface area is 114 Å². The number of ether oxygens (including phenoxy) is 1. The van der Waals surface area contributed by atoms with Crippen molar-refractivity contribution < 1.29 is 9.53 Å². The van der Waals surface area contributed by atoms with Crippen LogP contribution in [0.1, 0.15) is 27.9 Å². The normalized spacial score (nSPS) is 10.0. The molecule has 0 fully saturated rings. The summed E-state index contributed by atoms with van der Waals surface area (Å²) in [5, 5.41) is 8.65. The largest absolute Gasteiger partial charge is 0.383 e. The molecule has 0 aromatic heterocycles. The van der Waals surface area contributed by atoms with Gasteiger partial charge in [-0.25, -0.2) is 0 Å². The Morgan fingerprint density at radius 3 is 2.63 bits per heavy atom. The van der Waals surface area contributed by atoms with Crippen LogP contribution in [-0.2, 0) is 4.74 Å². The smallest absolute Gasteiger partial charge is 0.253 e. The average molecular weight is 260 g/mol. The number of rotatable bonds is 6. The first-order valence-corrected chi connectivity index (χ1v) is 6.32. The lowest BCUT2D eigenvalue weighted by molar-refractivity contribution is 0.0700. The summed E-state index contributed by atoms with van der Waals surface area (Å²) < 4.78 is 5.00. The average Bonchev–Trinajstić information content (AvgIpc) is 2.41. The van der Waals surface area contributed by atoms with Gasteiger partial charge in [0.1, 0.15) is 0 Å². The summed E-state index contributed by atoms with van der Waals surface area (Å²) in [5.41, 5.74) is 2.92. The van der Waals surface area contributed by atoms with Crippen LogP contribution in [0.25, 0.3) is 0 Å². The van der Waals surface area contributed by atoms with E-state index in [-0.39, 0.29) is 5.91 Å². The van der Waals surface area contributed by atoms with Gasteiger partial charge in [0.05, 0.1) is 19.1 Å². The maximum absolute atomic E-state index is 12.4. The van der Waals surface area contributed by atoms with Crippen molar-refractivity contribution >= 4 is 5.91 Å². The highest BCUT2D eigenvalue weighted by atomic mass is 16.5. The number of nitriles is 1. The van der Waals surface area contributed by atoms with E-state index in [0.717, 1.165) is 11.1 Å². The lowest BCUT2D eigenvalue weighted by Crippen LogP contribution is -2.34. The Balaban J connectivity index is 2.84. The van der Waals surface area contributed by atoms with Crippen molar-refractivity contribution in [3.63, 3.8) is 0 Å². The Kier molecular flexibility index (Phi) is 6.04. The molecule has 4 heteroatoms. The Morgan fingerprint density at radius 1 is 1.32 bits per heavy atom. The third-order valence-corrected chi connectivity index (χ3v) is 3.10. The molecule has 0 aliphatic rings. The van der Waals surface area contributed by atoms with Crippen molar-refractivity contribution in [3.8, 4) is 6.07 Å². The fourth-order valence-electron chi connectivity index (χ4n) is 1.76. The molecule has 0 spiro atoms. The fourth-order valence-corrected chi connectivity index (χ4v) is 1.76. The zero-order chi connectivity index (χ0) is 14.3. The molecular weight excluding hydrogens is 240 g/mol. The third-order valence-electron chi connectivity index (χ3n) is 3.10. The molecule has 102 valence electrons. The number of methoxy groups -OCH3 is 1. The number of amides is 1. The summed E-state index contributed by atoms with van der Waals surface area (Å²) in [6, 6.07) is 7.74. The number of hydrogen-bond donors (Lipinski definition) is 0. The summed E-state index contributed by atoms with van der Waals surface area (Å²) in [6.07, 6.45) is 0.334. The minimum Gasteiger partial charge on any atom is -0.383 e. The molecule has 1 rings (SSSR count). The van der Waals surface area contributed by atoms with Gasteiger partial charge in [-0.15, -0.1) is 0 Å². The quantitative estimate of drug-likeness (QED) is 0.788. The maximum Gasteiger partial charge on any atom is 0.253 e. The van der Waals surface area contributed by atoms with Gasteiger partial charge >= 0.3 is 0 Å². The summed E-state index contributed by atoms with van der Waals surface area (Å²) >= 11 is 0. The summed E-state index contributed by atoms with van der Waals surface area (Å²) in [6.45, 7) is 5.42. The van der Waals surface area contributed by atoms with E-state index >= 15 is 0 Å². The van der Waals surface area contributed by atoms with Crippen molar-refractivity contribution in [2.75, 3.05) is 26.8 Å². The van der Waals surface area contributed by atoms with Crippen LogP contribution in [0.3, 0.4) is 0 Å². The second kappa shape index (κ2) is 7.55. The van der Waals surface area contributed by atoms with Crippen LogP contribution in [-0.4, -0.2) is 37.6 Å². The molecule has 0 saturated carbocycles. The first-order valence-electron chi connectivity index (χ1n) is 6.32. The van der Waals surface area contributed by atoms with E-state index < -0.39 is 0 Å². The van der Waals surface area contributed by atoms with Crippen LogP contribution in [0.15, 0.2) is 18.2 Å². The van der Waals surface area contributed by atoms with Gasteiger partial charge in [0, 0.05) is 25.8 Å². The van der Waals surface area contributed by atoms with Gasteiger partial charge < -0.3 is 9.64 Å².